The highest BCUT2D eigenvalue weighted by Crippen LogP contribution is 2.51. The molecule has 0 bridgehead atoms. The molecular formula is C11H10O. The second kappa shape index (κ2) is 1.98. The molecule has 0 spiro atoms. The normalized spacial score (nSPS) is 41.2. The highest BCUT2D eigenvalue weighted by atomic mass is 16.1. The van der Waals surface area contributed by atoms with Crippen molar-refractivity contribution < 1.29 is 4.79 Å². The fourth-order valence-corrected chi connectivity index (χ4v) is 2.62. The first kappa shape index (κ1) is 6.41. The Labute approximate surface area is 71.5 Å². The predicted molar refractivity (Wildman–Crippen MR) is 46.5 cm³/mol. The topological polar surface area (TPSA) is 17.1 Å². The number of hydrogen-bond acceptors (Lipinski definition) is 1. The van der Waals surface area contributed by atoms with Crippen LogP contribution in [0.5, 0.6) is 0 Å². The van der Waals surface area contributed by atoms with Gasteiger partial charge in [-0.2, -0.15) is 0 Å². The maximum atomic E-state index is 10.7. The van der Waals surface area contributed by atoms with Crippen molar-refractivity contribution in [3.05, 3.63) is 35.5 Å². The van der Waals surface area contributed by atoms with Gasteiger partial charge in [0.25, 0.3) is 0 Å². The van der Waals surface area contributed by atoms with Crippen molar-refractivity contribution in [3.8, 4) is 0 Å². The van der Waals surface area contributed by atoms with Gasteiger partial charge < -0.3 is 0 Å². The molecule has 0 aliphatic heterocycles. The summed E-state index contributed by atoms with van der Waals surface area (Å²) >= 11 is 0. The van der Waals surface area contributed by atoms with Crippen LogP contribution in [0.4, 0.5) is 0 Å². The van der Waals surface area contributed by atoms with Gasteiger partial charge in [0, 0.05) is 17.8 Å². The zero-order valence-electron chi connectivity index (χ0n) is 6.73. The molecule has 3 aliphatic rings. The van der Waals surface area contributed by atoms with Crippen LogP contribution < -0.4 is 0 Å². The monoisotopic (exact) mass is 158 g/mol. The molecule has 0 aromatic rings. The van der Waals surface area contributed by atoms with E-state index in [1.54, 1.807) is 5.57 Å². The molecule has 60 valence electrons. The van der Waals surface area contributed by atoms with Crippen LogP contribution in [0.3, 0.4) is 0 Å². The summed E-state index contributed by atoms with van der Waals surface area (Å²) in [4.78, 5) is 10.7. The molecule has 3 unspecified atom stereocenters. The summed E-state index contributed by atoms with van der Waals surface area (Å²) in [5.74, 6) is 1.73. The number of rotatable bonds is 1. The molecule has 3 atom stereocenters. The van der Waals surface area contributed by atoms with Gasteiger partial charge in [0.05, 0.1) is 0 Å². The van der Waals surface area contributed by atoms with E-state index in [4.69, 9.17) is 0 Å². The van der Waals surface area contributed by atoms with Gasteiger partial charge in [0.2, 0.25) is 0 Å². The van der Waals surface area contributed by atoms with Crippen LogP contribution in [-0.2, 0) is 4.79 Å². The van der Waals surface area contributed by atoms with Gasteiger partial charge >= 0.3 is 0 Å². The van der Waals surface area contributed by atoms with Gasteiger partial charge in [0.1, 0.15) is 6.29 Å². The number of aldehydes is 1. The number of hydrogen-bond donors (Lipinski definition) is 0. The smallest absolute Gasteiger partial charge is 0.146 e. The molecule has 3 aliphatic carbocycles. The van der Waals surface area contributed by atoms with Gasteiger partial charge in [0.15, 0.2) is 0 Å². The third-order valence-corrected chi connectivity index (χ3v) is 3.27. The summed E-state index contributed by atoms with van der Waals surface area (Å²) in [6.07, 6.45) is 10.9. The van der Waals surface area contributed by atoms with Crippen LogP contribution in [0.25, 0.3) is 0 Å². The molecule has 0 aromatic carbocycles. The fraction of sp³-hybridized carbons (Fsp3) is 0.364. The maximum Gasteiger partial charge on any atom is 0.146 e. The summed E-state index contributed by atoms with van der Waals surface area (Å²) in [7, 11) is 0. The standard InChI is InChI=1S/C11H10O/c12-6-9-2-1-7-5-8-3-4-10(9)11(7)8/h2-6,8,10-11H,1H2. The first-order valence-corrected chi connectivity index (χ1v) is 4.44. The molecule has 12 heavy (non-hydrogen) atoms. The lowest BCUT2D eigenvalue weighted by molar-refractivity contribution is -0.105. The summed E-state index contributed by atoms with van der Waals surface area (Å²) in [5, 5.41) is 0. The molecule has 1 nitrogen and oxygen atoms in total. The van der Waals surface area contributed by atoms with E-state index in [-0.39, 0.29) is 0 Å². The molecular weight excluding hydrogens is 148 g/mol. The lowest BCUT2D eigenvalue weighted by Crippen LogP contribution is -2.29. The van der Waals surface area contributed by atoms with Crippen molar-refractivity contribution in [2.75, 3.05) is 0 Å². The molecule has 0 amide bonds. The lowest BCUT2D eigenvalue weighted by Gasteiger charge is -2.37. The van der Waals surface area contributed by atoms with E-state index in [0.717, 1.165) is 18.3 Å². The second-order valence-electron chi connectivity index (χ2n) is 3.78. The Morgan fingerprint density at radius 1 is 1.42 bits per heavy atom. The third kappa shape index (κ3) is 0.580. The van der Waals surface area contributed by atoms with Gasteiger partial charge in [-0.3, -0.25) is 4.79 Å². The Morgan fingerprint density at radius 2 is 2.33 bits per heavy atom. The van der Waals surface area contributed by atoms with Crippen LogP contribution >= 0.6 is 0 Å². The van der Waals surface area contributed by atoms with E-state index in [0.29, 0.717) is 17.8 Å². The summed E-state index contributed by atoms with van der Waals surface area (Å²) < 4.78 is 0. The minimum atomic E-state index is 0.418. The zero-order valence-corrected chi connectivity index (χ0v) is 6.73. The van der Waals surface area contributed by atoms with Crippen LogP contribution in [-0.4, -0.2) is 6.29 Å². The van der Waals surface area contributed by atoms with Crippen LogP contribution in [0.15, 0.2) is 35.5 Å². The van der Waals surface area contributed by atoms with E-state index < -0.39 is 0 Å². The fourth-order valence-electron chi connectivity index (χ4n) is 2.62. The molecule has 0 N–H and O–H groups in total. The van der Waals surface area contributed by atoms with Gasteiger partial charge in [-0.1, -0.05) is 29.9 Å². The molecule has 0 radical (unpaired) electrons. The predicted octanol–water partition coefficient (Wildman–Crippen LogP) is 1.87. The minimum Gasteiger partial charge on any atom is -0.298 e. The van der Waals surface area contributed by atoms with Gasteiger partial charge in [-0.25, -0.2) is 0 Å². The van der Waals surface area contributed by atoms with E-state index in [1.807, 2.05) is 0 Å². The van der Waals surface area contributed by atoms with Crippen LogP contribution in [0.1, 0.15) is 6.42 Å². The average Bonchev–Trinajstić information content (AvgIpc) is 2.42. The number of carbonyl (C=O) groups is 1. The summed E-state index contributed by atoms with van der Waals surface area (Å²) in [5.41, 5.74) is 2.54. The minimum absolute atomic E-state index is 0.418. The van der Waals surface area contributed by atoms with E-state index >= 15 is 0 Å². The zero-order chi connectivity index (χ0) is 8.13. The first-order chi connectivity index (χ1) is 5.90. The van der Waals surface area contributed by atoms with Crippen molar-refractivity contribution in [2.45, 2.75) is 6.42 Å². The lowest BCUT2D eigenvalue weighted by atomic mass is 9.66. The highest BCUT2D eigenvalue weighted by Gasteiger charge is 2.42. The van der Waals surface area contributed by atoms with Crippen molar-refractivity contribution >= 4 is 6.29 Å². The molecule has 0 aromatic heterocycles. The van der Waals surface area contributed by atoms with E-state index in [1.165, 1.54) is 0 Å². The maximum absolute atomic E-state index is 10.7. The van der Waals surface area contributed by atoms with Crippen molar-refractivity contribution in [1.82, 2.24) is 0 Å². The van der Waals surface area contributed by atoms with Gasteiger partial charge in [-0.05, 0) is 12.0 Å². The summed E-state index contributed by atoms with van der Waals surface area (Å²) in [6.45, 7) is 0. The van der Waals surface area contributed by atoms with Crippen molar-refractivity contribution in [1.29, 1.82) is 0 Å². The average molecular weight is 158 g/mol. The van der Waals surface area contributed by atoms with Gasteiger partial charge in [-0.15, -0.1) is 0 Å². The Morgan fingerprint density at radius 3 is 3.17 bits per heavy atom. The molecule has 3 rings (SSSR count). The summed E-state index contributed by atoms with van der Waals surface area (Å²) in [6, 6.07) is 0. The van der Waals surface area contributed by atoms with Crippen molar-refractivity contribution in [3.63, 3.8) is 0 Å². The van der Waals surface area contributed by atoms with Crippen LogP contribution in [0.2, 0.25) is 0 Å². The number of allylic oxidation sites excluding steroid dienone is 6. The Hall–Kier alpha value is -1.11. The highest BCUT2D eigenvalue weighted by molar-refractivity contribution is 5.76. The molecule has 1 heteroatoms. The second-order valence-corrected chi connectivity index (χ2v) is 3.78. The van der Waals surface area contributed by atoms with E-state index in [9.17, 15) is 4.79 Å². The number of carbonyl (C=O) groups excluding carboxylic acids is 1. The SMILES string of the molecule is O=CC1=CCC2=CC3C=CC1C23. The van der Waals surface area contributed by atoms with E-state index in [2.05, 4.69) is 24.3 Å². The van der Waals surface area contributed by atoms with Crippen molar-refractivity contribution in [2.24, 2.45) is 17.8 Å². The third-order valence-electron chi connectivity index (χ3n) is 3.27. The first-order valence-electron chi connectivity index (χ1n) is 4.44. The van der Waals surface area contributed by atoms with Crippen LogP contribution in [0, 0.1) is 17.8 Å². The largest absolute Gasteiger partial charge is 0.298 e. The Kier molecular flexibility index (Phi) is 1.06. The quantitative estimate of drug-likeness (QED) is 0.420. The molecule has 0 fully saturated rings. The molecule has 0 saturated carbocycles. The molecule has 0 heterocycles. The Balaban J connectivity index is 2.08. The molecule has 0 saturated heterocycles. The Bertz CT molecular complexity index is 333.